The molecule has 381 valence electrons. The summed E-state index contributed by atoms with van der Waals surface area (Å²) in [6.07, 6.45) is 6.29. The Morgan fingerprint density at radius 2 is 0.304 bits per heavy atom. The minimum atomic E-state index is 0. The van der Waals surface area contributed by atoms with Gasteiger partial charge in [0.15, 0.2) is 0 Å². The zero-order chi connectivity index (χ0) is 52.0. The topological polar surface area (TPSA) is 0 Å². The Morgan fingerprint density at radius 3 is 0.468 bits per heavy atom. The SMILES string of the molecule is [Co].[c-]1cccc2c1Cc1ccccc1-2.[c-]1cccc2c1Cc1ccccc1-2.[c-]1cccc2c1Cc1ccccc1-2.[c-]1cccc2c1Cc1ccccc1-2.[c-]1cccc2c1Cc1ccccc1-2.[c-]1cccc2c1Cc1ccccc1-2. The van der Waals surface area contributed by atoms with Crippen LogP contribution in [0.15, 0.2) is 255 Å². The largest absolute Gasteiger partial charge is 0.179 e. The van der Waals surface area contributed by atoms with Gasteiger partial charge in [-0.3, -0.25) is 0 Å². The molecule has 6 aliphatic carbocycles. The zero-order valence-electron chi connectivity index (χ0n) is 43.8. The second-order valence-electron chi connectivity index (χ2n) is 20.4. The number of hydrogen-bond donors (Lipinski definition) is 0. The Bertz CT molecular complexity index is 3170. The van der Waals surface area contributed by atoms with Gasteiger partial charge in [-0.15, -0.1) is 33.4 Å². The summed E-state index contributed by atoms with van der Waals surface area (Å²) in [5.41, 5.74) is 33.1. The van der Waals surface area contributed by atoms with Crippen molar-refractivity contribution in [3.8, 4) is 66.8 Å². The van der Waals surface area contributed by atoms with E-state index in [-0.39, 0.29) is 16.8 Å². The molecule has 18 rings (SSSR count). The molecule has 0 atom stereocenters. The summed E-state index contributed by atoms with van der Waals surface area (Å²) >= 11 is 0. The standard InChI is InChI=1S/6C13H9.Co/c6*1-3-7-12-10(5-1)9-11-6-2-4-8-13(11)12;/h6*1-5,7-8H,9H2;/q6*-1;. The fourth-order valence-corrected chi connectivity index (χ4v) is 12.0. The van der Waals surface area contributed by atoms with Crippen LogP contribution in [0.3, 0.4) is 0 Å². The minimum Gasteiger partial charge on any atom is -0.179 e. The van der Waals surface area contributed by atoms with E-state index in [1.807, 2.05) is 36.4 Å². The molecule has 0 saturated carbocycles. The molecule has 0 unspecified atom stereocenters. The predicted molar refractivity (Wildman–Crippen MR) is 321 cm³/mol. The van der Waals surface area contributed by atoms with Gasteiger partial charge in [-0.1, -0.05) is 212 Å². The van der Waals surface area contributed by atoms with Crippen molar-refractivity contribution in [3.05, 3.63) is 358 Å². The monoisotopic (exact) mass is 1050 g/mol. The molecule has 0 nitrogen and oxygen atoms in total. The fraction of sp³-hybridized carbons (Fsp3) is 0.0769. The number of hydrogen-bond acceptors (Lipinski definition) is 0. The van der Waals surface area contributed by atoms with E-state index in [1.165, 1.54) is 134 Å². The van der Waals surface area contributed by atoms with Crippen LogP contribution in [0.1, 0.15) is 66.8 Å². The molecular formula is C78H54Co-6. The van der Waals surface area contributed by atoms with Crippen LogP contribution in [0.25, 0.3) is 66.8 Å². The number of rotatable bonds is 0. The van der Waals surface area contributed by atoms with Crippen LogP contribution in [0.4, 0.5) is 0 Å². The molecule has 0 aliphatic heterocycles. The van der Waals surface area contributed by atoms with Gasteiger partial charge < -0.3 is 0 Å². The Labute approximate surface area is 477 Å². The van der Waals surface area contributed by atoms with Crippen LogP contribution in [-0.4, -0.2) is 0 Å². The van der Waals surface area contributed by atoms with Gasteiger partial charge in [-0.25, -0.2) is 0 Å². The van der Waals surface area contributed by atoms with Crippen molar-refractivity contribution in [2.75, 3.05) is 0 Å². The second kappa shape index (κ2) is 23.4. The van der Waals surface area contributed by atoms with Crippen molar-refractivity contribution in [1.29, 1.82) is 0 Å². The molecule has 0 saturated heterocycles. The van der Waals surface area contributed by atoms with Crippen molar-refractivity contribution < 1.29 is 16.8 Å². The Morgan fingerprint density at radius 1 is 0.165 bits per heavy atom. The third-order valence-electron chi connectivity index (χ3n) is 15.7. The Balaban J connectivity index is 0.0000000944. The van der Waals surface area contributed by atoms with Gasteiger partial charge in [0.25, 0.3) is 0 Å². The molecule has 0 fully saturated rings. The first kappa shape index (κ1) is 50.9. The first-order chi connectivity index (χ1) is 38.7. The van der Waals surface area contributed by atoms with Gasteiger partial charge in [0.1, 0.15) is 0 Å². The van der Waals surface area contributed by atoms with Crippen molar-refractivity contribution in [1.82, 2.24) is 0 Å². The molecule has 0 bridgehead atoms. The van der Waals surface area contributed by atoms with Gasteiger partial charge >= 0.3 is 0 Å². The zero-order valence-corrected chi connectivity index (χ0v) is 44.9. The first-order valence-electron chi connectivity index (χ1n) is 27.2. The average Bonchev–Trinajstić information content (AvgIpc) is 4.45. The van der Waals surface area contributed by atoms with Gasteiger partial charge in [0.2, 0.25) is 0 Å². The smallest absolute Gasteiger partial charge is 0 e. The average molecular weight is 1050 g/mol. The van der Waals surface area contributed by atoms with Gasteiger partial charge in [-0.2, -0.15) is 179 Å². The van der Waals surface area contributed by atoms with Crippen LogP contribution in [0.2, 0.25) is 0 Å². The molecular weight excluding hydrogens is 996 g/mol. The molecule has 12 aromatic carbocycles. The molecule has 0 amide bonds. The minimum absolute atomic E-state index is 0. The van der Waals surface area contributed by atoms with Crippen LogP contribution in [0, 0.1) is 36.4 Å². The maximum Gasteiger partial charge on any atom is 0 e. The molecule has 0 aromatic heterocycles. The fourth-order valence-electron chi connectivity index (χ4n) is 12.0. The van der Waals surface area contributed by atoms with Crippen molar-refractivity contribution in [2.45, 2.75) is 38.5 Å². The number of benzene rings is 12. The molecule has 12 aromatic rings. The van der Waals surface area contributed by atoms with E-state index in [4.69, 9.17) is 0 Å². The summed E-state index contributed by atoms with van der Waals surface area (Å²) in [6, 6.07) is 109. The normalized spacial score (nSPS) is 12.2. The van der Waals surface area contributed by atoms with Crippen molar-refractivity contribution in [2.24, 2.45) is 0 Å². The Kier molecular flexibility index (Phi) is 15.1. The summed E-state index contributed by atoms with van der Waals surface area (Å²) in [7, 11) is 0. The first-order valence-corrected chi connectivity index (χ1v) is 27.2. The third-order valence-corrected chi connectivity index (χ3v) is 15.7. The summed E-state index contributed by atoms with van der Waals surface area (Å²) in [6.45, 7) is 0. The van der Waals surface area contributed by atoms with Gasteiger partial charge in [-0.05, 0) is 38.5 Å². The van der Waals surface area contributed by atoms with Gasteiger partial charge in [0, 0.05) is 16.8 Å². The maximum absolute atomic E-state index is 3.30. The van der Waals surface area contributed by atoms with Crippen LogP contribution < -0.4 is 0 Å². The third kappa shape index (κ3) is 10.6. The molecule has 6 aliphatic rings. The van der Waals surface area contributed by atoms with E-state index in [2.05, 4.69) is 255 Å². The van der Waals surface area contributed by atoms with E-state index < -0.39 is 0 Å². The van der Waals surface area contributed by atoms with Crippen LogP contribution in [0.5, 0.6) is 0 Å². The molecule has 1 radical (unpaired) electrons. The number of fused-ring (bicyclic) bond motifs is 18. The quantitative estimate of drug-likeness (QED) is 0.133. The predicted octanol–water partition coefficient (Wildman–Crippen LogP) is 18.3. The van der Waals surface area contributed by atoms with E-state index in [1.54, 1.807) is 0 Å². The van der Waals surface area contributed by atoms with Crippen LogP contribution in [-0.2, 0) is 55.3 Å². The molecule has 0 spiro atoms. The van der Waals surface area contributed by atoms with E-state index in [9.17, 15) is 0 Å². The Hall–Kier alpha value is -8.85. The van der Waals surface area contributed by atoms with Crippen molar-refractivity contribution >= 4 is 0 Å². The van der Waals surface area contributed by atoms with Crippen LogP contribution >= 0.6 is 0 Å². The summed E-state index contributed by atoms with van der Waals surface area (Å²) < 4.78 is 0. The molecule has 0 heterocycles. The van der Waals surface area contributed by atoms with Crippen molar-refractivity contribution in [3.63, 3.8) is 0 Å². The maximum atomic E-state index is 3.30. The summed E-state index contributed by atoms with van der Waals surface area (Å²) in [5, 5.41) is 0. The molecule has 79 heavy (non-hydrogen) atoms. The van der Waals surface area contributed by atoms with Gasteiger partial charge in [0.05, 0.1) is 0 Å². The molecule has 0 N–H and O–H groups in total. The van der Waals surface area contributed by atoms with E-state index in [0.717, 1.165) is 38.5 Å². The molecule has 1 heteroatoms. The van der Waals surface area contributed by atoms with E-state index in [0.29, 0.717) is 0 Å². The van der Waals surface area contributed by atoms with E-state index >= 15 is 0 Å². The summed E-state index contributed by atoms with van der Waals surface area (Å²) in [4.78, 5) is 0. The summed E-state index contributed by atoms with van der Waals surface area (Å²) in [5.74, 6) is 0. The second-order valence-corrected chi connectivity index (χ2v) is 20.4.